The fourth-order valence-electron chi connectivity index (χ4n) is 2.53. The lowest BCUT2D eigenvalue weighted by molar-refractivity contribution is 0.101. The van der Waals surface area contributed by atoms with Crippen molar-refractivity contribution in [3.8, 4) is 5.75 Å². The van der Waals surface area contributed by atoms with Gasteiger partial charge in [0.15, 0.2) is 5.78 Å². The Hall–Kier alpha value is -2.42. The minimum Gasteiger partial charge on any atom is -0.497 e. The maximum absolute atomic E-state index is 15.1. The maximum atomic E-state index is 15.1. The molecule has 1 unspecified atom stereocenters. The molecule has 2 rings (SSSR count). The molecule has 0 saturated heterocycles. The number of ether oxygens (including phenoxy) is 1. The number of ketones is 1. The predicted octanol–water partition coefficient (Wildman–Crippen LogP) is 5.27. The lowest BCUT2D eigenvalue weighted by Crippen LogP contribution is -2.20. The van der Waals surface area contributed by atoms with Gasteiger partial charge in [-0.1, -0.05) is 43.0 Å². The van der Waals surface area contributed by atoms with E-state index in [-0.39, 0.29) is 5.78 Å². The molecule has 0 N–H and O–H groups in total. The largest absolute Gasteiger partial charge is 0.497 e. The number of methoxy groups -OCH3 is 1. The number of Topliss-reactive ketones (excluding diaryl/α,β-unsaturated/α-hetero) is 1. The molecule has 0 bridgehead atoms. The van der Waals surface area contributed by atoms with E-state index in [2.05, 4.69) is 6.58 Å². The van der Waals surface area contributed by atoms with Crippen molar-refractivity contribution in [3.63, 3.8) is 0 Å². The van der Waals surface area contributed by atoms with Crippen molar-refractivity contribution < 1.29 is 13.9 Å². The van der Waals surface area contributed by atoms with Crippen LogP contribution in [0.1, 0.15) is 41.8 Å². The molecule has 3 heteroatoms. The van der Waals surface area contributed by atoms with Crippen LogP contribution in [0.2, 0.25) is 0 Å². The van der Waals surface area contributed by atoms with E-state index in [1.54, 1.807) is 38.3 Å². The van der Waals surface area contributed by atoms with Gasteiger partial charge in [-0.15, -0.1) is 0 Å². The van der Waals surface area contributed by atoms with Crippen molar-refractivity contribution in [1.29, 1.82) is 0 Å². The molecule has 0 amide bonds. The standard InChI is InChI=1S/C21H23FO2/c1-15(18-7-9-19(10-8-18)16(2)23)21(3,22)14-13-17-5-11-20(24-4)12-6-17/h5-12H,1,13-14H2,2-4H3. The van der Waals surface area contributed by atoms with Gasteiger partial charge in [-0.2, -0.15) is 0 Å². The topological polar surface area (TPSA) is 26.3 Å². The van der Waals surface area contributed by atoms with Gasteiger partial charge in [0.25, 0.3) is 0 Å². The van der Waals surface area contributed by atoms with E-state index in [9.17, 15) is 4.79 Å². The van der Waals surface area contributed by atoms with E-state index >= 15 is 4.39 Å². The van der Waals surface area contributed by atoms with Crippen LogP contribution in [0.25, 0.3) is 5.57 Å². The molecular formula is C21H23FO2. The Morgan fingerprint density at radius 1 is 1.08 bits per heavy atom. The van der Waals surface area contributed by atoms with Crippen molar-refractivity contribution in [2.45, 2.75) is 32.4 Å². The molecule has 0 spiro atoms. The van der Waals surface area contributed by atoms with Crippen LogP contribution < -0.4 is 4.74 Å². The van der Waals surface area contributed by atoms with E-state index < -0.39 is 5.67 Å². The maximum Gasteiger partial charge on any atom is 0.159 e. The number of carbonyl (C=O) groups excluding carboxylic acids is 1. The highest BCUT2D eigenvalue weighted by molar-refractivity contribution is 5.94. The number of carbonyl (C=O) groups is 1. The smallest absolute Gasteiger partial charge is 0.159 e. The van der Waals surface area contributed by atoms with Gasteiger partial charge in [0.1, 0.15) is 11.4 Å². The normalized spacial score (nSPS) is 13.2. The molecule has 0 radical (unpaired) electrons. The molecule has 0 aliphatic carbocycles. The first-order valence-corrected chi connectivity index (χ1v) is 7.96. The number of alkyl halides is 1. The molecule has 126 valence electrons. The summed E-state index contributed by atoms with van der Waals surface area (Å²) in [5.41, 5.74) is 1.31. The predicted molar refractivity (Wildman–Crippen MR) is 96.3 cm³/mol. The second kappa shape index (κ2) is 7.43. The van der Waals surface area contributed by atoms with Crippen LogP contribution in [0.4, 0.5) is 4.39 Å². The van der Waals surface area contributed by atoms with Crippen molar-refractivity contribution in [2.75, 3.05) is 7.11 Å². The molecule has 0 aliphatic rings. The van der Waals surface area contributed by atoms with Gasteiger partial charge in [0, 0.05) is 5.56 Å². The third-order valence-electron chi connectivity index (χ3n) is 4.31. The van der Waals surface area contributed by atoms with Crippen molar-refractivity contribution in [1.82, 2.24) is 0 Å². The zero-order valence-electron chi connectivity index (χ0n) is 14.4. The highest BCUT2D eigenvalue weighted by Crippen LogP contribution is 2.33. The van der Waals surface area contributed by atoms with Crippen LogP contribution in [0.5, 0.6) is 5.75 Å². The summed E-state index contributed by atoms with van der Waals surface area (Å²) in [7, 11) is 1.62. The molecule has 0 heterocycles. The number of allylic oxidation sites excluding steroid dienone is 1. The summed E-state index contributed by atoms with van der Waals surface area (Å²) in [5.74, 6) is 0.784. The first-order valence-electron chi connectivity index (χ1n) is 7.96. The molecule has 2 aromatic carbocycles. The van der Waals surface area contributed by atoms with Gasteiger partial charge < -0.3 is 4.74 Å². The minimum atomic E-state index is -1.52. The van der Waals surface area contributed by atoms with Crippen molar-refractivity contribution in [3.05, 3.63) is 71.8 Å². The summed E-state index contributed by atoms with van der Waals surface area (Å²) in [4.78, 5) is 11.3. The molecule has 0 saturated carbocycles. The average Bonchev–Trinajstić information content (AvgIpc) is 2.60. The monoisotopic (exact) mass is 326 g/mol. The minimum absolute atomic E-state index is 0.00493. The molecule has 0 aliphatic heterocycles. The van der Waals surface area contributed by atoms with Crippen LogP contribution in [0.15, 0.2) is 55.1 Å². The van der Waals surface area contributed by atoms with Crippen molar-refractivity contribution in [2.24, 2.45) is 0 Å². The Morgan fingerprint density at radius 2 is 1.62 bits per heavy atom. The van der Waals surface area contributed by atoms with Crippen LogP contribution in [0.3, 0.4) is 0 Å². The molecule has 0 fully saturated rings. The van der Waals surface area contributed by atoms with E-state index in [1.165, 1.54) is 6.92 Å². The second-order valence-electron chi connectivity index (χ2n) is 6.16. The van der Waals surface area contributed by atoms with Gasteiger partial charge in [-0.3, -0.25) is 4.79 Å². The Balaban J connectivity index is 2.04. The summed E-state index contributed by atoms with van der Waals surface area (Å²) in [6.07, 6.45) is 0.953. The lowest BCUT2D eigenvalue weighted by atomic mass is 9.87. The quantitative estimate of drug-likeness (QED) is 0.648. The summed E-state index contributed by atoms with van der Waals surface area (Å²) in [5, 5.41) is 0. The molecule has 2 nitrogen and oxygen atoms in total. The fourth-order valence-corrected chi connectivity index (χ4v) is 2.53. The van der Waals surface area contributed by atoms with E-state index in [4.69, 9.17) is 4.74 Å². The zero-order chi connectivity index (χ0) is 17.7. The van der Waals surface area contributed by atoms with Crippen LogP contribution in [-0.4, -0.2) is 18.6 Å². The number of hydrogen-bond donors (Lipinski definition) is 0. The summed E-state index contributed by atoms with van der Waals surface area (Å²) in [6.45, 7) is 7.00. The van der Waals surface area contributed by atoms with Crippen LogP contribution in [-0.2, 0) is 6.42 Å². The van der Waals surface area contributed by atoms with Gasteiger partial charge >= 0.3 is 0 Å². The Bertz CT molecular complexity index is 713. The number of aryl methyl sites for hydroxylation is 1. The van der Waals surface area contributed by atoms with Crippen molar-refractivity contribution >= 4 is 11.4 Å². The zero-order valence-corrected chi connectivity index (χ0v) is 14.4. The first kappa shape index (κ1) is 17.9. The lowest BCUT2D eigenvalue weighted by Gasteiger charge is -2.23. The van der Waals surface area contributed by atoms with Crippen LogP contribution in [0, 0.1) is 0 Å². The highest BCUT2D eigenvalue weighted by atomic mass is 19.1. The van der Waals surface area contributed by atoms with Gasteiger partial charge in [-0.05, 0) is 55.5 Å². The summed E-state index contributed by atoms with van der Waals surface area (Å²) < 4.78 is 20.2. The highest BCUT2D eigenvalue weighted by Gasteiger charge is 2.27. The molecular weight excluding hydrogens is 303 g/mol. The van der Waals surface area contributed by atoms with Crippen LogP contribution >= 0.6 is 0 Å². The number of benzene rings is 2. The van der Waals surface area contributed by atoms with Gasteiger partial charge in [-0.25, -0.2) is 4.39 Å². The Kier molecular flexibility index (Phi) is 5.55. The second-order valence-corrected chi connectivity index (χ2v) is 6.16. The third-order valence-corrected chi connectivity index (χ3v) is 4.31. The number of rotatable bonds is 7. The molecule has 0 aromatic heterocycles. The van der Waals surface area contributed by atoms with E-state index in [1.807, 2.05) is 24.3 Å². The fraction of sp³-hybridized carbons (Fsp3) is 0.286. The first-order chi connectivity index (χ1) is 11.3. The molecule has 2 aromatic rings. The average molecular weight is 326 g/mol. The Morgan fingerprint density at radius 3 is 2.12 bits per heavy atom. The summed E-state index contributed by atoms with van der Waals surface area (Å²) >= 11 is 0. The summed E-state index contributed by atoms with van der Waals surface area (Å²) in [6, 6.07) is 14.6. The molecule has 1 atom stereocenters. The SMILES string of the molecule is C=C(c1ccc(C(C)=O)cc1)C(C)(F)CCc1ccc(OC)cc1. The molecule has 24 heavy (non-hydrogen) atoms. The third kappa shape index (κ3) is 4.31. The van der Waals surface area contributed by atoms with E-state index in [0.717, 1.165) is 16.9 Å². The Labute approximate surface area is 143 Å². The van der Waals surface area contributed by atoms with Gasteiger partial charge in [0.2, 0.25) is 0 Å². The number of hydrogen-bond acceptors (Lipinski definition) is 2. The number of halogens is 1. The van der Waals surface area contributed by atoms with E-state index in [0.29, 0.717) is 24.0 Å². The van der Waals surface area contributed by atoms with Gasteiger partial charge in [0.05, 0.1) is 7.11 Å².